The molecule has 11 heterocycles. The van der Waals surface area contributed by atoms with Gasteiger partial charge in [-0.2, -0.15) is 25.3 Å². The highest BCUT2D eigenvalue weighted by molar-refractivity contribution is 9.11. The van der Waals surface area contributed by atoms with E-state index in [0.29, 0.717) is 37.1 Å². The molecule has 11 rings (SSSR count). The first-order chi connectivity index (χ1) is 41.9. The number of sulfonamides is 2. The number of aryl methyl sites for hydroxylation is 2. The summed E-state index contributed by atoms with van der Waals surface area (Å²) in [4.78, 5) is 31.8. The Labute approximate surface area is 573 Å². The Morgan fingerprint density at radius 2 is 0.813 bits per heavy atom. The highest BCUT2D eigenvalue weighted by atomic mass is 79.9. The third kappa shape index (κ3) is 23.6. The SMILES string of the molecule is Brc1ccc2nccn2c1.CN(C)S(=O)(=O)c1cnc2ccc(Br)cn12.CNC.Cc1cc(-c2ccc3ncc(S(=O)(=O)N(C)C)n3c2)cn(C)c1=O.O=P(Cl)(Cl)Cl.O=S(=O)(O)Cl.O=S(=O)(O)c1cnc2ccc(Br)cn12.O=S(=O)(O)c1cnc2ccc(Br)cn12. The van der Waals surface area contributed by atoms with E-state index in [4.69, 9.17) is 22.1 Å². The average Bonchev–Trinajstić information content (AvgIpc) is 1.72. The van der Waals surface area contributed by atoms with Gasteiger partial charge in [-0.15, -0.1) is 0 Å². The van der Waals surface area contributed by atoms with Crippen molar-refractivity contribution in [2.75, 3.05) is 42.3 Å². The maximum absolute atomic E-state index is 12.4. The van der Waals surface area contributed by atoms with Crippen molar-refractivity contribution in [3.05, 3.63) is 175 Å². The lowest BCUT2D eigenvalue weighted by Gasteiger charge is -2.11. The summed E-state index contributed by atoms with van der Waals surface area (Å²) < 4.78 is 160. The van der Waals surface area contributed by atoms with Gasteiger partial charge in [0.25, 0.3) is 25.6 Å². The molecular formula is C48H51Br4Cl4N14O15PS5. The van der Waals surface area contributed by atoms with Crippen molar-refractivity contribution in [2.24, 2.45) is 7.05 Å². The first-order valence-corrected chi connectivity index (χ1v) is 39.9. The van der Waals surface area contributed by atoms with Gasteiger partial charge in [0.2, 0.25) is 0 Å². The molecule has 4 N–H and O–H groups in total. The van der Waals surface area contributed by atoms with E-state index in [1.807, 2.05) is 55.2 Å². The van der Waals surface area contributed by atoms with Crippen molar-refractivity contribution in [1.82, 2.24) is 65.4 Å². The van der Waals surface area contributed by atoms with Gasteiger partial charge < -0.3 is 14.3 Å². The maximum atomic E-state index is 12.4. The van der Waals surface area contributed by atoms with Crippen LogP contribution in [0.2, 0.25) is 0 Å². The Morgan fingerprint density at radius 1 is 0.505 bits per heavy atom. The number of imidazole rings is 5. The monoisotopic (exact) mass is 1710 g/mol. The highest BCUT2D eigenvalue weighted by Gasteiger charge is 2.24. The number of aromatic nitrogens is 11. The zero-order chi connectivity index (χ0) is 68.9. The van der Waals surface area contributed by atoms with Crippen molar-refractivity contribution in [3.8, 4) is 11.1 Å². The van der Waals surface area contributed by atoms with Crippen LogP contribution in [0.4, 0.5) is 0 Å². The predicted molar refractivity (Wildman–Crippen MR) is 361 cm³/mol. The molecule has 29 nitrogen and oxygen atoms in total. The van der Waals surface area contributed by atoms with E-state index >= 15 is 0 Å². The van der Waals surface area contributed by atoms with E-state index in [-0.39, 0.29) is 25.7 Å². The molecule has 0 fully saturated rings. The summed E-state index contributed by atoms with van der Waals surface area (Å²) in [5.41, 5.74) is 5.24. The molecule has 91 heavy (non-hydrogen) atoms. The second kappa shape index (κ2) is 33.1. The highest BCUT2D eigenvalue weighted by Crippen LogP contribution is 2.61. The zero-order valence-corrected chi connectivity index (χ0v) is 62.2. The molecule has 0 bridgehead atoms. The van der Waals surface area contributed by atoms with E-state index in [0.717, 1.165) is 46.7 Å². The van der Waals surface area contributed by atoms with Gasteiger partial charge in [-0.05, 0) is 196 Å². The van der Waals surface area contributed by atoms with Gasteiger partial charge in [0.05, 0.1) is 24.8 Å². The number of nitrogens with one attached hydrogen (secondary N) is 1. The molecule has 0 aromatic carbocycles. The Bertz CT molecular complexity index is 4940. The Kier molecular flexibility index (Phi) is 28.6. The fraction of sp³-hybridized carbons (Fsp3) is 0.167. The van der Waals surface area contributed by atoms with Gasteiger partial charge in [-0.1, -0.05) is 0 Å². The fourth-order valence-electron chi connectivity index (χ4n) is 6.99. The van der Waals surface area contributed by atoms with Crippen LogP contribution in [0.15, 0.2) is 184 Å². The summed E-state index contributed by atoms with van der Waals surface area (Å²) in [6, 6.07) is 19.6. The van der Waals surface area contributed by atoms with Crippen LogP contribution in [0.1, 0.15) is 5.56 Å². The van der Waals surface area contributed by atoms with Gasteiger partial charge in [0, 0.05) is 119 Å². The zero-order valence-electron chi connectivity index (χ0n) is 47.8. The molecule has 0 amide bonds. The van der Waals surface area contributed by atoms with Crippen molar-refractivity contribution < 1.29 is 60.3 Å². The number of fused-ring (bicyclic) bond motifs is 5. The third-order valence-corrected chi connectivity index (χ3v) is 18.0. The average molecular weight is 1720 g/mol. The molecule has 0 saturated carbocycles. The molecule has 0 aliphatic carbocycles. The molecule has 11 aromatic rings. The first kappa shape index (κ1) is 78.7. The molecule has 0 saturated heterocycles. The van der Waals surface area contributed by atoms with Crippen LogP contribution in [0.3, 0.4) is 0 Å². The van der Waals surface area contributed by atoms with Crippen molar-refractivity contribution >= 4 is 191 Å². The number of pyridine rings is 6. The van der Waals surface area contributed by atoms with Crippen LogP contribution in [0.5, 0.6) is 0 Å². The quantitative estimate of drug-likeness (QED) is 0.0654. The minimum absolute atomic E-state index is 0.0571. The van der Waals surface area contributed by atoms with Crippen molar-refractivity contribution in [3.63, 3.8) is 0 Å². The lowest BCUT2D eigenvalue weighted by molar-refractivity contribution is 0.476. The van der Waals surface area contributed by atoms with Crippen molar-refractivity contribution in [1.29, 1.82) is 0 Å². The minimum Gasteiger partial charge on any atom is -0.323 e. The van der Waals surface area contributed by atoms with Gasteiger partial charge in [0.15, 0.2) is 20.1 Å². The number of rotatable bonds is 7. The number of halogens is 8. The Morgan fingerprint density at radius 3 is 1.15 bits per heavy atom. The summed E-state index contributed by atoms with van der Waals surface area (Å²) in [7, 11) is -4.26. The summed E-state index contributed by atoms with van der Waals surface area (Å²) in [5, 5.41) is -0.692. The molecule has 0 aliphatic heterocycles. The Hall–Kier alpha value is -4.78. The van der Waals surface area contributed by atoms with E-state index in [9.17, 15) is 43.0 Å². The van der Waals surface area contributed by atoms with Crippen LogP contribution in [0.25, 0.3) is 39.4 Å². The molecule has 0 unspecified atom stereocenters. The van der Waals surface area contributed by atoms with Gasteiger partial charge in [0.1, 0.15) is 28.2 Å². The van der Waals surface area contributed by atoms with Crippen LogP contribution in [0, 0.1) is 6.92 Å². The van der Waals surface area contributed by atoms with E-state index in [1.165, 1.54) is 66.3 Å². The van der Waals surface area contributed by atoms with E-state index < -0.39 is 54.8 Å². The normalized spacial score (nSPS) is 11.8. The molecule has 0 atom stereocenters. The number of nitrogens with zero attached hydrogens (tertiary/aromatic N) is 13. The van der Waals surface area contributed by atoms with Crippen LogP contribution in [-0.2, 0) is 61.2 Å². The Balaban J connectivity index is 0.000000236. The topological polar surface area (TPSA) is 375 Å². The largest absolute Gasteiger partial charge is 0.353 e. The lowest BCUT2D eigenvalue weighted by atomic mass is 10.1. The lowest BCUT2D eigenvalue weighted by Crippen LogP contribution is -2.23. The molecule has 0 aliphatic rings. The summed E-state index contributed by atoms with van der Waals surface area (Å²) in [6.45, 7) is 1.75. The van der Waals surface area contributed by atoms with Gasteiger partial charge in [-0.25, -0.2) is 50.4 Å². The maximum Gasteiger partial charge on any atom is 0.353 e. The molecule has 43 heteroatoms. The van der Waals surface area contributed by atoms with Crippen LogP contribution in [-0.4, -0.2) is 158 Å². The second-order valence-electron chi connectivity index (χ2n) is 18.0. The summed E-state index contributed by atoms with van der Waals surface area (Å²) in [5.74, 6) is 0. The fourth-order valence-corrected chi connectivity index (χ4v) is 11.4. The first-order valence-electron chi connectivity index (χ1n) is 24.2. The van der Waals surface area contributed by atoms with Crippen LogP contribution < -0.4 is 10.9 Å². The van der Waals surface area contributed by atoms with E-state index in [2.05, 4.69) is 138 Å². The molecule has 0 radical (unpaired) electrons. The minimum atomic E-state index is -4.22. The van der Waals surface area contributed by atoms with Gasteiger partial charge >= 0.3 is 34.8 Å². The van der Waals surface area contributed by atoms with E-state index in [1.54, 1.807) is 90.0 Å². The standard InChI is InChI=1S/C16H18N4O3S.C9H10BrN3O2S.2C7H5BrN2O3S.C7H5BrN2.C2H7N.Cl3OP.ClHO3S/c1-11-7-13(9-19(4)16(11)21)12-5-6-14-17-8-15(20(14)10-12)24(22,23)18(2)3;1-12(2)16(14,15)9-5-11-8-4-3-7(10)6-13(8)9;2*8-5-1-2-6-9-3-7(10(6)4-5)14(11,12)13;8-6-1-2-7-9-3-4-10(7)5-6;1-3-2;2*1-5(2,3)4/h5-10H,1-4H3;3-6H,1-2H3;2*1-4H,(H,11,12,13);1-5H;3H,1-2H3;;(H,2,3,4). The van der Waals surface area contributed by atoms with Crippen LogP contribution >= 0.6 is 113 Å². The molecule has 494 valence electrons. The third-order valence-electron chi connectivity index (χ3n) is 10.8. The molecule has 0 spiro atoms. The smallest absolute Gasteiger partial charge is 0.323 e. The summed E-state index contributed by atoms with van der Waals surface area (Å²) in [6.07, 6.45) is 18.8. The molecular weight excluding hydrogens is 1670 g/mol. The van der Waals surface area contributed by atoms with Gasteiger partial charge in [-0.3, -0.25) is 40.6 Å². The summed E-state index contributed by atoms with van der Waals surface area (Å²) >= 11 is 26.9. The number of hydrogen-bond acceptors (Lipinski definition) is 18. The second-order valence-corrected chi connectivity index (χ2v) is 37.2. The predicted octanol–water partition coefficient (Wildman–Crippen LogP) is 10.1. The molecule has 11 aromatic heterocycles. The number of hydrogen-bond donors (Lipinski definition) is 4. The van der Waals surface area contributed by atoms with Crippen molar-refractivity contribution in [2.45, 2.75) is 27.0 Å².